The molecule has 0 saturated heterocycles. The number of rotatable bonds is 7. The lowest BCUT2D eigenvalue weighted by molar-refractivity contribution is 0.394. The summed E-state index contributed by atoms with van der Waals surface area (Å²) in [5.74, 6) is 2.26. The first-order valence-electron chi connectivity index (χ1n) is 10.5. The van der Waals surface area contributed by atoms with E-state index >= 15 is 0 Å². The van der Waals surface area contributed by atoms with E-state index in [1.165, 1.54) is 12.8 Å². The van der Waals surface area contributed by atoms with Crippen molar-refractivity contribution in [1.82, 2.24) is 14.5 Å². The van der Waals surface area contributed by atoms with Gasteiger partial charge in [-0.1, -0.05) is 0 Å². The number of benzene rings is 2. The fraction of sp³-hybridized carbons (Fsp3) is 0.280. The highest BCUT2D eigenvalue weighted by Gasteiger charge is 2.26. The van der Waals surface area contributed by atoms with E-state index in [1.54, 1.807) is 14.2 Å². The zero-order valence-electron chi connectivity index (χ0n) is 18.1. The van der Waals surface area contributed by atoms with Crippen LogP contribution in [0.15, 0.2) is 61.1 Å². The van der Waals surface area contributed by atoms with Crippen molar-refractivity contribution in [2.24, 2.45) is 13.0 Å². The number of aryl methyl sites for hydroxylation is 1. The Morgan fingerprint density at radius 2 is 1.74 bits per heavy atom. The van der Waals surface area contributed by atoms with Gasteiger partial charge in [0.2, 0.25) is 0 Å². The number of ether oxygens (including phenoxy) is 2. The van der Waals surface area contributed by atoms with E-state index in [-0.39, 0.29) is 0 Å². The molecular formula is C25H26N4O2. The Morgan fingerprint density at radius 3 is 2.39 bits per heavy atom. The molecule has 1 fully saturated rings. The summed E-state index contributed by atoms with van der Waals surface area (Å²) in [5, 5.41) is 0. The maximum atomic E-state index is 5.51. The van der Waals surface area contributed by atoms with Gasteiger partial charge >= 0.3 is 0 Å². The van der Waals surface area contributed by atoms with Crippen LogP contribution in [0, 0.1) is 5.92 Å². The summed E-state index contributed by atoms with van der Waals surface area (Å²) in [7, 11) is 5.37. The number of hydrogen-bond acceptors (Lipinski definition) is 5. The molecule has 2 heterocycles. The van der Waals surface area contributed by atoms with E-state index in [0.29, 0.717) is 5.92 Å². The molecule has 1 aliphatic rings. The van der Waals surface area contributed by atoms with E-state index in [1.807, 2.05) is 36.1 Å². The Bertz CT molecular complexity index is 1210. The topological polar surface area (TPSA) is 52.4 Å². The van der Waals surface area contributed by atoms with Crippen LogP contribution in [0.5, 0.6) is 11.5 Å². The number of anilines is 2. The molecule has 0 atom stereocenters. The number of hydrogen-bond donors (Lipinski definition) is 0. The molecule has 0 aliphatic heterocycles. The van der Waals surface area contributed by atoms with Gasteiger partial charge in [0.15, 0.2) is 0 Å². The van der Waals surface area contributed by atoms with Crippen molar-refractivity contribution in [2.45, 2.75) is 12.8 Å². The molecule has 0 N–H and O–H groups in total. The van der Waals surface area contributed by atoms with Crippen LogP contribution in [0.25, 0.3) is 22.3 Å². The van der Waals surface area contributed by atoms with Crippen molar-refractivity contribution >= 4 is 22.4 Å². The van der Waals surface area contributed by atoms with Gasteiger partial charge in [-0.25, -0.2) is 4.98 Å². The molecule has 0 bridgehead atoms. The fourth-order valence-corrected chi connectivity index (χ4v) is 3.83. The molecule has 2 aromatic carbocycles. The molecule has 31 heavy (non-hydrogen) atoms. The number of fused-ring (bicyclic) bond motifs is 1. The molecule has 0 radical (unpaired) electrons. The van der Waals surface area contributed by atoms with Crippen molar-refractivity contribution in [3.05, 3.63) is 61.1 Å². The van der Waals surface area contributed by atoms with Gasteiger partial charge in [0.05, 0.1) is 37.1 Å². The largest absolute Gasteiger partial charge is 0.497 e. The van der Waals surface area contributed by atoms with Crippen molar-refractivity contribution < 1.29 is 9.47 Å². The standard InChI is InChI=1S/C25H26N4O2/c1-28-9-8-18(16-28)25-14-26-23-7-6-19(12-24(23)27-25)29(15-17-4-5-17)20-10-21(30-2)13-22(11-20)31-3/h6-14,16-17H,4-5,15H2,1-3H3. The van der Waals surface area contributed by atoms with Gasteiger partial charge in [0, 0.05) is 61.1 Å². The highest BCUT2D eigenvalue weighted by atomic mass is 16.5. The monoisotopic (exact) mass is 414 g/mol. The molecule has 158 valence electrons. The van der Waals surface area contributed by atoms with Crippen LogP contribution in [0.1, 0.15) is 12.8 Å². The summed E-state index contributed by atoms with van der Waals surface area (Å²) in [6, 6.07) is 14.4. The predicted molar refractivity (Wildman–Crippen MR) is 123 cm³/mol. The first-order chi connectivity index (χ1) is 15.1. The van der Waals surface area contributed by atoms with Gasteiger partial charge in [-0.05, 0) is 43.0 Å². The second-order valence-corrected chi connectivity index (χ2v) is 8.12. The molecule has 5 rings (SSSR count). The van der Waals surface area contributed by atoms with Crippen LogP contribution < -0.4 is 14.4 Å². The highest BCUT2D eigenvalue weighted by Crippen LogP contribution is 2.38. The van der Waals surface area contributed by atoms with E-state index in [2.05, 4.69) is 46.4 Å². The summed E-state index contributed by atoms with van der Waals surface area (Å²) in [5.41, 5.74) is 5.85. The molecule has 4 aromatic rings. The molecule has 1 aliphatic carbocycles. The summed E-state index contributed by atoms with van der Waals surface area (Å²) in [6.45, 7) is 0.952. The van der Waals surface area contributed by atoms with Gasteiger partial charge < -0.3 is 18.9 Å². The Balaban J connectivity index is 1.58. The third kappa shape index (κ3) is 4.06. The van der Waals surface area contributed by atoms with Gasteiger partial charge in [-0.2, -0.15) is 0 Å². The SMILES string of the molecule is COc1cc(OC)cc(N(CC2CC2)c2ccc3ncc(-c4ccn(C)c4)nc3c2)c1. The quantitative estimate of drug-likeness (QED) is 0.416. The second kappa shape index (κ2) is 7.95. The second-order valence-electron chi connectivity index (χ2n) is 8.12. The van der Waals surface area contributed by atoms with Crippen LogP contribution in [-0.4, -0.2) is 35.3 Å². The summed E-state index contributed by atoms with van der Waals surface area (Å²) < 4.78 is 13.0. The maximum absolute atomic E-state index is 5.51. The van der Waals surface area contributed by atoms with E-state index in [4.69, 9.17) is 14.5 Å². The lowest BCUT2D eigenvalue weighted by atomic mass is 10.1. The number of nitrogens with zero attached hydrogens (tertiary/aromatic N) is 4. The molecule has 1 saturated carbocycles. The van der Waals surface area contributed by atoms with Crippen LogP contribution in [0.4, 0.5) is 11.4 Å². The Hall–Kier alpha value is -3.54. The Labute approximate surface area is 182 Å². The molecular weight excluding hydrogens is 388 g/mol. The molecule has 0 unspecified atom stereocenters. The first-order valence-corrected chi connectivity index (χ1v) is 10.5. The first kappa shape index (κ1) is 19.4. The van der Waals surface area contributed by atoms with Crippen LogP contribution in [-0.2, 0) is 7.05 Å². The van der Waals surface area contributed by atoms with Crippen LogP contribution in [0.2, 0.25) is 0 Å². The van der Waals surface area contributed by atoms with Crippen LogP contribution in [0.3, 0.4) is 0 Å². The lowest BCUT2D eigenvalue weighted by Crippen LogP contribution is -2.20. The fourth-order valence-electron chi connectivity index (χ4n) is 3.83. The van der Waals surface area contributed by atoms with Gasteiger partial charge in [-0.3, -0.25) is 4.98 Å². The third-order valence-corrected chi connectivity index (χ3v) is 5.75. The molecule has 2 aromatic heterocycles. The van der Waals surface area contributed by atoms with Gasteiger partial charge in [0.25, 0.3) is 0 Å². The summed E-state index contributed by atoms with van der Waals surface area (Å²) in [6.07, 6.45) is 8.45. The third-order valence-electron chi connectivity index (χ3n) is 5.75. The maximum Gasteiger partial charge on any atom is 0.124 e. The molecule has 6 nitrogen and oxygen atoms in total. The molecule has 0 amide bonds. The summed E-state index contributed by atoms with van der Waals surface area (Å²) >= 11 is 0. The van der Waals surface area contributed by atoms with Crippen molar-refractivity contribution in [2.75, 3.05) is 25.7 Å². The van der Waals surface area contributed by atoms with Gasteiger partial charge in [-0.15, -0.1) is 0 Å². The van der Waals surface area contributed by atoms with E-state index in [0.717, 1.165) is 51.7 Å². The minimum absolute atomic E-state index is 0.703. The average molecular weight is 415 g/mol. The minimum atomic E-state index is 0.703. The van der Waals surface area contributed by atoms with Crippen molar-refractivity contribution in [3.8, 4) is 22.8 Å². The predicted octanol–water partition coefficient (Wildman–Crippen LogP) is 5.20. The normalized spacial score (nSPS) is 13.4. The van der Waals surface area contributed by atoms with E-state index in [9.17, 15) is 0 Å². The summed E-state index contributed by atoms with van der Waals surface area (Å²) in [4.78, 5) is 11.9. The molecule has 6 heteroatoms. The smallest absolute Gasteiger partial charge is 0.124 e. The Morgan fingerprint density at radius 1 is 0.968 bits per heavy atom. The van der Waals surface area contributed by atoms with Crippen molar-refractivity contribution in [3.63, 3.8) is 0 Å². The average Bonchev–Trinajstić information content (AvgIpc) is 3.53. The zero-order chi connectivity index (χ0) is 21.4. The highest BCUT2D eigenvalue weighted by molar-refractivity contribution is 5.82. The molecule has 0 spiro atoms. The lowest BCUT2D eigenvalue weighted by Gasteiger charge is -2.26. The van der Waals surface area contributed by atoms with E-state index < -0.39 is 0 Å². The Kier molecular flexibility index (Phi) is 4.98. The minimum Gasteiger partial charge on any atom is -0.497 e. The number of aromatic nitrogens is 3. The van der Waals surface area contributed by atoms with Crippen LogP contribution >= 0.6 is 0 Å². The van der Waals surface area contributed by atoms with Gasteiger partial charge in [0.1, 0.15) is 11.5 Å². The zero-order valence-corrected chi connectivity index (χ0v) is 18.1. The van der Waals surface area contributed by atoms with Crippen molar-refractivity contribution in [1.29, 1.82) is 0 Å². The number of methoxy groups -OCH3 is 2.